The Bertz CT molecular complexity index is 683. The molecule has 0 aliphatic rings. The van der Waals surface area contributed by atoms with Gasteiger partial charge in [-0.2, -0.15) is 5.10 Å². The molecule has 0 fully saturated rings. The highest BCUT2D eigenvalue weighted by Gasteiger charge is 2.07. The summed E-state index contributed by atoms with van der Waals surface area (Å²) < 4.78 is 2.27. The van der Waals surface area contributed by atoms with Gasteiger partial charge in [-0.05, 0) is 37.2 Å². The van der Waals surface area contributed by atoms with Gasteiger partial charge < -0.3 is 15.2 Å². The van der Waals surface area contributed by atoms with E-state index < -0.39 is 0 Å². The van der Waals surface area contributed by atoms with Gasteiger partial charge in [-0.1, -0.05) is 18.2 Å². The molecule has 2 aromatic rings. The fourth-order valence-corrected chi connectivity index (χ4v) is 2.19. The van der Waals surface area contributed by atoms with Crippen molar-refractivity contribution in [2.24, 2.45) is 7.05 Å². The number of nitrogens with one attached hydrogen (secondary N) is 3. The molecular formula is C14H19N5OS. The fraction of sp³-hybridized carbons (Fsp3) is 0.357. The van der Waals surface area contributed by atoms with Crippen LogP contribution < -0.4 is 10.6 Å². The highest BCUT2D eigenvalue weighted by atomic mass is 32.1. The van der Waals surface area contributed by atoms with Crippen LogP contribution >= 0.6 is 12.2 Å². The van der Waals surface area contributed by atoms with Crippen molar-refractivity contribution in [1.29, 1.82) is 0 Å². The number of amides is 1. The normalized spacial score (nSPS) is 10.4. The SMILES string of the molecule is Cc1cccc(C)c1NCC(=O)NCc1n[nH]c(=S)n1C. The number of aromatic nitrogens is 3. The van der Waals surface area contributed by atoms with E-state index in [0.29, 0.717) is 17.1 Å². The summed E-state index contributed by atoms with van der Waals surface area (Å²) in [6, 6.07) is 6.03. The molecule has 2 rings (SSSR count). The van der Waals surface area contributed by atoms with E-state index in [1.54, 1.807) is 4.57 Å². The standard InChI is InChI=1S/C14H19N5OS/c1-9-5-4-6-10(2)13(9)16-8-12(20)15-7-11-17-18-14(21)19(11)3/h4-6,16H,7-8H2,1-3H3,(H,15,20)(H,18,21). The van der Waals surface area contributed by atoms with Crippen LogP contribution in [0.4, 0.5) is 5.69 Å². The maximum atomic E-state index is 11.9. The molecular weight excluding hydrogens is 286 g/mol. The van der Waals surface area contributed by atoms with Gasteiger partial charge in [0.05, 0.1) is 13.1 Å². The average molecular weight is 305 g/mol. The summed E-state index contributed by atoms with van der Waals surface area (Å²) in [4.78, 5) is 11.9. The van der Waals surface area contributed by atoms with Crippen LogP contribution in [0.2, 0.25) is 0 Å². The molecule has 0 saturated carbocycles. The number of aryl methyl sites for hydroxylation is 2. The van der Waals surface area contributed by atoms with E-state index in [9.17, 15) is 4.79 Å². The van der Waals surface area contributed by atoms with Gasteiger partial charge in [0.15, 0.2) is 10.6 Å². The van der Waals surface area contributed by atoms with Gasteiger partial charge in [0.1, 0.15) is 0 Å². The Morgan fingerprint density at radius 2 is 2.05 bits per heavy atom. The van der Waals surface area contributed by atoms with Gasteiger partial charge >= 0.3 is 0 Å². The molecule has 0 aliphatic heterocycles. The molecule has 0 unspecified atom stereocenters. The fourth-order valence-electron chi connectivity index (χ4n) is 2.04. The number of hydrogen-bond donors (Lipinski definition) is 3. The van der Waals surface area contributed by atoms with Gasteiger partial charge in [0, 0.05) is 12.7 Å². The number of carbonyl (C=O) groups excluding carboxylic acids is 1. The second kappa shape index (κ2) is 6.53. The van der Waals surface area contributed by atoms with E-state index >= 15 is 0 Å². The average Bonchev–Trinajstić information content (AvgIpc) is 2.76. The lowest BCUT2D eigenvalue weighted by Gasteiger charge is -2.12. The van der Waals surface area contributed by atoms with E-state index in [4.69, 9.17) is 12.2 Å². The second-order valence-electron chi connectivity index (χ2n) is 4.90. The molecule has 0 atom stereocenters. The molecule has 1 heterocycles. The third-order valence-electron chi connectivity index (χ3n) is 3.32. The second-order valence-corrected chi connectivity index (χ2v) is 5.29. The summed E-state index contributed by atoms with van der Waals surface area (Å²) in [6.45, 7) is 4.60. The molecule has 112 valence electrons. The highest BCUT2D eigenvalue weighted by molar-refractivity contribution is 7.71. The zero-order chi connectivity index (χ0) is 15.4. The number of carbonyl (C=O) groups is 1. The molecule has 1 aromatic heterocycles. The van der Waals surface area contributed by atoms with E-state index in [1.807, 2.05) is 39.1 Å². The molecule has 0 aliphatic carbocycles. The summed E-state index contributed by atoms with van der Waals surface area (Å²) in [6.07, 6.45) is 0. The molecule has 3 N–H and O–H groups in total. The number of rotatable bonds is 5. The minimum atomic E-state index is -0.0911. The lowest BCUT2D eigenvalue weighted by Crippen LogP contribution is -2.30. The number of anilines is 1. The lowest BCUT2D eigenvalue weighted by atomic mass is 10.1. The Balaban J connectivity index is 1.88. The van der Waals surface area contributed by atoms with Crippen molar-refractivity contribution in [2.75, 3.05) is 11.9 Å². The summed E-state index contributed by atoms with van der Waals surface area (Å²) in [5.74, 6) is 0.604. The van der Waals surface area contributed by atoms with Gasteiger partial charge in [-0.25, -0.2) is 0 Å². The Morgan fingerprint density at radius 3 is 2.62 bits per heavy atom. The van der Waals surface area contributed by atoms with Gasteiger partial charge in [0.2, 0.25) is 5.91 Å². The predicted octanol–water partition coefficient (Wildman–Crippen LogP) is 1.82. The summed E-state index contributed by atoms with van der Waals surface area (Å²) in [5, 5.41) is 12.7. The quantitative estimate of drug-likeness (QED) is 0.737. The molecule has 0 saturated heterocycles. The Hall–Kier alpha value is -2.15. The minimum Gasteiger partial charge on any atom is -0.376 e. The first-order valence-electron chi connectivity index (χ1n) is 6.66. The van der Waals surface area contributed by atoms with Crippen LogP contribution in [0.15, 0.2) is 18.2 Å². The largest absolute Gasteiger partial charge is 0.376 e. The van der Waals surface area contributed by atoms with Crippen molar-refractivity contribution in [2.45, 2.75) is 20.4 Å². The van der Waals surface area contributed by atoms with E-state index in [0.717, 1.165) is 16.8 Å². The molecule has 1 amide bonds. The molecule has 0 bridgehead atoms. The molecule has 21 heavy (non-hydrogen) atoms. The van der Waals surface area contributed by atoms with Crippen molar-refractivity contribution in [3.05, 3.63) is 39.9 Å². The van der Waals surface area contributed by atoms with Crippen molar-refractivity contribution in [3.8, 4) is 0 Å². The minimum absolute atomic E-state index is 0.0911. The highest BCUT2D eigenvalue weighted by Crippen LogP contribution is 2.18. The summed E-state index contributed by atoms with van der Waals surface area (Å²) in [5.41, 5.74) is 3.25. The molecule has 7 heteroatoms. The monoisotopic (exact) mass is 305 g/mol. The third-order valence-corrected chi connectivity index (χ3v) is 3.69. The van der Waals surface area contributed by atoms with Crippen LogP contribution in [0.25, 0.3) is 0 Å². The Morgan fingerprint density at radius 1 is 1.38 bits per heavy atom. The lowest BCUT2D eigenvalue weighted by molar-refractivity contribution is -0.119. The van der Waals surface area contributed by atoms with Crippen LogP contribution in [0, 0.1) is 18.6 Å². The molecule has 0 radical (unpaired) electrons. The van der Waals surface area contributed by atoms with E-state index in [-0.39, 0.29) is 12.5 Å². The van der Waals surface area contributed by atoms with Gasteiger partial charge in [-0.15, -0.1) is 0 Å². The van der Waals surface area contributed by atoms with Gasteiger partial charge in [0.25, 0.3) is 0 Å². The number of hydrogen-bond acceptors (Lipinski definition) is 4. The first-order chi connectivity index (χ1) is 9.99. The number of nitrogens with zero attached hydrogens (tertiary/aromatic N) is 2. The van der Waals surface area contributed by atoms with Crippen molar-refractivity contribution < 1.29 is 4.79 Å². The van der Waals surface area contributed by atoms with Crippen LogP contribution in [0.5, 0.6) is 0 Å². The Kier molecular flexibility index (Phi) is 4.74. The Labute approximate surface area is 128 Å². The van der Waals surface area contributed by atoms with Crippen LogP contribution in [0.3, 0.4) is 0 Å². The third kappa shape index (κ3) is 3.69. The van der Waals surface area contributed by atoms with Gasteiger partial charge in [-0.3, -0.25) is 9.89 Å². The van der Waals surface area contributed by atoms with Crippen molar-refractivity contribution >= 4 is 23.8 Å². The van der Waals surface area contributed by atoms with Crippen LogP contribution in [-0.4, -0.2) is 27.2 Å². The van der Waals surface area contributed by atoms with E-state index in [1.165, 1.54) is 0 Å². The first kappa shape index (κ1) is 15.2. The summed E-state index contributed by atoms with van der Waals surface area (Å²) in [7, 11) is 1.81. The number of para-hydroxylation sites is 1. The number of benzene rings is 1. The maximum Gasteiger partial charge on any atom is 0.239 e. The zero-order valence-corrected chi connectivity index (χ0v) is 13.2. The van der Waals surface area contributed by atoms with Crippen LogP contribution in [0.1, 0.15) is 17.0 Å². The first-order valence-corrected chi connectivity index (χ1v) is 7.07. The summed E-state index contributed by atoms with van der Waals surface area (Å²) >= 11 is 5.02. The molecule has 1 aromatic carbocycles. The predicted molar refractivity (Wildman–Crippen MR) is 84.6 cm³/mol. The van der Waals surface area contributed by atoms with Crippen LogP contribution in [-0.2, 0) is 18.4 Å². The van der Waals surface area contributed by atoms with E-state index in [2.05, 4.69) is 20.8 Å². The van der Waals surface area contributed by atoms with Crippen molar-refractivity contribution in [1.82, 2.24) is 20.1 Å². The molecule has 0 spiro atoms. The zero-order valence-electron chi connectivity index (χ0n) is 12.4. The topological polar surface area (TPSA) is 74.7 Å². The maximum absolute atomic E-state index is 11.9. The smallest absolute Gasteiger partial charge is 0.239 e. The number of H-pyrrole nitrogens is 1. The molecule has 6 nitrogen and oxygen atoms in total. The van der Waals surface area contributed by atoms with Crippen molar-refractivity contribution in [3.63, 3.8) is 0 Å². The number of aromatic amines is 1.